The van der Waals surface area contributed by atoms with Crippen LogP contribution >= 0.6 is 23.2 Å². The Morgan fingerprint density at radius 3 is 2.60 bits per heavy atom. The highest BCUT2D eigenvalue weighted by Gasteiger charge is 2.12. The molecule has 0 atom stereocenters. The molecule has 0 aliphatic heterocycles. The van der Waals surface area contributed by atoms with Gasteiger partial charge in [0, 0.05) is 17.0 Å². The molecule has 1 nitrogen and oxygen atoms in total. The van der Waals surface area contributed by atoms with Crippen molar-refractivity contribution in [1.82, 2.24) is 0 Å². The summed E-state index contributed by atoms with van der Waals surface area (Å²) in [5, 5.41) is 0.991. The summed E-state index contributed by atoms with van der Waals surface area (Å²) in [6.45, 7) is 4.16. The molecule has 0 heterocycles. The van der Waals surface area contributed by atoms with Crippen LogP contribution in [-0.2, 0) is 6.42 Å². The lowest BCUT2D eigenvalue weighted by atomic mass is 9.97. The van der Waals surface area contributed by atoms with Gasteiger partial charge in [0.2, 0.25) is 0 Å². The van der Waals surface area contributed by atoms with Crippen molar-refractivity contribution >= 4 is 29.0 Å². The summed E-state index contributed by atoms with van der Waals surface area (Å²) in [4.78, 5) is 12.2. The third-order valence-corrected chi connectivity index (χ3v) is 4.13. The van der Waals surface area contributed by atoms with Gasteiger partial charge in [-0.15, -0.1) is 0 Å². The van der Waals surface area contributed by atoms with Gasteiger partial charge < -0.3 is 0 Å². The molecule has 0 saturated heterocycles. The van der Waals surface area contributed by atoms with E-state index in [0.717, 1.165) is 6.42 Å². The molecule has 0 spiro atoms. The predicted octanol–water partition coefficient (Wildman–Crippen LogP) is 5.43. The van der Waals surface area contributed by atoms with Crippen molar-refractivity contribution in [2.24, 2.45) is 0 Å². The number of hydrogen-bond acceptors (Lipinski definition) is 1. The topological polar surface area (TPSA) is 17.1 Å². The molecule has 2 aromatic carbocycles. The zero-order valence-electron chi connectivity index (χ0n) is 11.5. The summed E-state index contributed by atoms with van der Waals surface area (Å²) >= 11 is 12.0. The van der Waals surface area contributed by atoms with Crippen LogP contribution in [0.3, 0.4) is 0 Å². The second-order valence-corrected chi connectivity index (χ2v) is 5.75. The molecule has 3 heteroatoms. The lowest BCUT2D eigenvalue weighted by Gasteiger charge is -2.09. The van der Waals surface area contributed by atoms with Gasteiger partial charge in [0.25, 0.3) is 0 Å². The molecule has 0 bridgehead atoms. The van der Waals surface area contributed by atoms with Crippen LogP contribution in [-0.4, -0.2) is 5.78 Å². The average molecular weight is 307 g/mol. The summed E-state index contributed by atoms with van der Waals surface area (Å²) < 4.78 is 0. The van der Waals surface area contributed by atoms with Crippen molar-refractivity contribution in [2.75, 3.05) is 0 Å². The van der Waals surface area contributed by atoms with Gasteiger partial charge in [-0.05, 0) is 55.2 Å². The van der Waals surface area contributed by atoms with E-state index in [1.807, 2.05) is 6.07 Å². The van der Waals surface area contributed by atoms with Crippen molar-refractivity contribution in [1.29, 1.82) is 0 Å². The summed E-state index contributed by atoms with van der Waals surface area (Å²) in [5.74, 6) is 0.0263. The molecular formula is C17H16Cl2O. The number of carbonyl (C=O) groups excluding carboxylic acids is 1. The number of rotatable bonds is 4. The molecule has 0 aliphatic rings. The van der Waals surface area contributed by atoms with Gasteiger partial charge in [0.15, 0.2) is 5.78 Å². The fourth-order valence-corrected chi connectivity index (χ4v) is 2.57. The van der Waals surface area contributed by atoms with Crippen LogP contribution in [0.2, 0.25) is 10.0 Å². The highest BCUT2D eigenvalue weighted by molar-refractivity contribution is 6.35. The van der Waals surface area contributed by atoms with Crippen LogP contribution in [0.15, 0.2) is 36.4 Å². The zero-order valence-corrected chi connectivity index (χ0v) is 13.1. The van der Waals surface area contributed by atoms with E-state index in [-0.39, 0.29) is 5.78 Å². The quantitative estimate of drug-likeness (QED) is 0.689. The van der Waals surface area contributed by atoms with Gasteiger partial charge in [-0.1, -0.05) is 41.4 Å². The Balaban J connectivity index is 2.13. The first kappa shape index (κ1) is 15.1. The van der Waals surface area contributed by atoms with Gasteiger partial charge >= 0.3 is 0 Å². The number of hydrogen-bond donors (Lipinski definition) is 0. The van der Waals surface area contributed by atoms with E-state index in [2.05, 4.69) is 26.0 Å². The maximum atomic E-state index is 12.2. The summed E-state index contributed by atoms with van der Waals surface area (Å²) in [6.07, 6.45) is 1.15. The number of carbonyl (C=O) groups is 1. The maximum Gasteiger partial charge on any atom is 0.164 e. The van der Waals surface area contributed by atoms with E-state index in [0.29, 0.717) is 22.0 Å². The minimum atomic E-state index is 0.0263. The fourth-order valence-electron chi connectivity index (χ4n) is 2.18. The molecule has 0 unspecified atom stereocenters. The molecule has 0 saturated carbocycles. The minimum absolute atomic E-state index is 0.0263. The van der Waals surface area contributed by atoms with Crippen molar-refractivity contribution in [3.05, 3.63) is 68.7 Å². The lowest BCUT2D eigenvalue weighted by molar-refractivity contribution is 0.0983. The van der Waals surface area contributed by atoms with Gasteiger partial charge in [0.05, 0.1) is 5.02 Å². The van der Waals surface area contributed by atoms with Crippen LogP contribution in [0.4, 0.5) is 0 Å². The van der Waals surface area contributed by atoms with Crippen LogP contribution in [0.25, 0.3) is 0 Å². The Hall–Kier alpha value is -1.31. The third-order valence-electron chi connectivity index (χ3n) is 3.57. The highest BCUT2D eigenvalue weighted by atomic mass is 35.5. The van der Waals surface area contributed by atoms with Gasteiger partial charge in [-0.25, -0.2) is 0 Å². The fraction of sp³-hybridized carbons (Fsp3) is 0.235. The third kappa shape index (κ3) is 3.41. The second-order valence-electron chi connectivity index (χ2n) is 4.91. The number of benzene rings is 2. The van der Waals surface area contributed by atoms with E-state index in [1.54, 1.807) is 18.2 Å². The predicted molar refractivity (Wildman–Crippen MR) is 85.0 cm³/mol. The van der Waals surface area contributed by atoms with Crippen molar-refractivity contribution in [3.63, 3.8) is 0 Å². The molecule has 0 amide bonds. The van der Waals surface area contributed by atoms with Crippen LogP contribution in [0.5, 0.6) is 0 Å². The Kier molecular flexibility index (Phi) is 4.85. The number of aryl methyl sites for hydroxylation is 2. The Morgan fingerprint density at radius 2 is 1.85 bits per heavy atom. The lowest BCUT2D eigenvalue weighted by Crippen LogP contribution is -2.03. The maximum absolute atomic E-state index is 12.2. The molecule has 0 N–H and O–H groups in total. The van der Waals surface area contributed by atoms with E-state index >= 15 is 0 Å². The summed E-state index contributed by atoms with van der Waals surface area (Å²) in [6, 6.07) is 11.1. The van der Waals surface area contributed by atoms with Crippen LogP contribution in [0.1, 0.15) is 33.5 Å². The Labute approximate surface area is 129 Å². The van der Waals surface area contributed by atoms with E-state index in [9.17, 15) is 4.79 Å². The van der Waals surface area contributed by atoms with E-state index < -0.39 is 0 Å². The molecule has 0 fully saturated rings. The standard InChI is InChI=1S/C17H16Cl2O/c1-11-4-3-5-13(12(11)2)6-9-17(20)15-10-14(18)7-8-16(15)19/h3-5,7-8,10H,6,9H2,1-2H3. The smallest absolute Gasteiger partial charge is 0.164 e. The molecular weight excluding hydrogens is 291 g/mol. The zero-order chi connectivity index (χ0) is 14.7. The van der Waals surface area contributed by atoms with Gasteiger partial charge in [0.1, 0.15) is 0 Å². The second kappa shape index (κ2) is 6.43. The monoisotopic (exact) mass is 306 g/mol. The van der Waals surface area contributed by atoms with Gasteiger partial charge in [-0.2, -0.15) is 0 Å². The van der Waals surface area contributed by atoms with E-state index in [4.69, 9.17) is 23.2 Å². The molecule has 0 radical (unpaired) electrons. The summed E-state index contributed by atoms with van der Waals surface area (Å²) in [5.41, 5.74) is 4.20. The first-order valence-corrected chi connectivity index (χ1v) is 7.28. The number of Topliss-reactive ketones (excluding diaryl/α,β-unsaturated/α-hetero) is 1. The van der Waals surface area contributed by atoms with Crippen molar-refractivity contribution in [2.45, 2.75) is 26.7 Å². The van der Waals surface area contributed by atoms with Crippen molar-refractivity contribution in [3.8, 4) is 0 Å². The molecule has 0 aromatic heterocycles. The molecule has 20 heavy (non-hydrogen) atoms. The SMILES string of the molecule is Cc1cccc(CCC(=O)c2cc(Cl)ccc2Cl)c1C. The number of halogens is 2. The minimum Gasteiger partial charge on any atom is -0.294 e. The Morgan fingerprint density at radius 1 is 1.10 bits per heavy atom. The normalized spacial score (nSPS) is 10.6. The largest absolute Gasteiger partial charge is 0.294 e. The first-order valence-electron chi connectivity index (χ1n) is 6.52. The molecule has 0 aliphatic carbocycles. The molecule has 104 valence electrons. The van der Waals surface area contributed by atoms with Crippen LogP contribution < -0.4 is 0 Å². The Bertz CT molecular complexity index is 647. The van der Waals surface area contributed by atoms with Crippen LogP contribution in [0, 0.1) is 13.8 Å². The first-order chi connectivity index (χ1) is 9.49. The molecule has 2 rings (SSSR count). The van der Waals surface area contributed by atoms with Crippen molar-refractivity contribution < 1.29 is 4.79 Å². The highest BCUT2D eigenvalue weighted by Crippen LogP contribution is 2.23. The van der Waals surface area contributed by atoms with E-state index in [1.165, 1.54) is 16.7 Å². The molecule has 2 aromatic rings. The van der Waals surface area contributed by atoms with Gasteiger partial charge in [-0.3, -0.25) is 4.79 Å². The number of ketones is 1. The average Bonchev–Trinajstić information content (AvgIpc) is 2.43. The summed E-state index contributed by atoms with van der Waals surface area (Å²) in [7, 11) is 0.